The van der Waals surface area contributed by atoms with Gasteiger partial charge in [-0.05, 0) is 31.9 Å². The SMILES string of the molecule is Cc1nc(-c2cccnc2)sc1CC(=O)N1CCCCCC1. The zero-order valence-electron chi connectivity index (χ0n) is 12.9. The Morgan fingerprint density at radius 3 is 2.73 bits per heavy atom. The van der Waals surface area contributed by atoms with Crippen LogP contribution < -0.4 is 0 Å². The quantitative estimate of drug-likeness (QED) is 0.871. The molecular weight excluding hydrogens is 294 g/mol. The van der Waals surface area contributed by atoms with Crippen molar-refractivity contribution < 1.29 is 4.79 Å². The minimum Gasteiger partial charge on any atom is -0.342 e. The summed E-state index contributed by atoms with van der Waals surface area (Å²) in [6.45, 7) is 3.81. The van der Waals surface area contributed by atoms with Crippen LogP contribution in [0.1, 0.15) is 36.3 Å². The maximum atomic E-state index is 12.5. The number of aromatic nitrogens is 2. The highest BCUT2D eigenvalue weighted by Gasteiger charge is 2.19. The van der Waals surface area contributed by atoms with E-state index in [-0.39, 0.29) is 5.91 Å². The molecule has 2 aromatic rings. The molecule has 0 aliphatic carbocycles. The number of amides is 1. The van der Waals surface area contributed by atoms with Crippen molar-refractivity contribution in [2.45, 2.75) is 39.0 Å². The van der Waals surface area contributed by atoms with E-state index in [0.717, 1.165) is 47.1 Å². The van der Waals surface area contributed by atoms with E-state index < -0.39 is 0 Å². The highest BCUT2D eigenvalue weighted by Crippen LogP contribution is 2.28. The Bertz CT molecular complexity index is 631. The van der Waals surface area contributed by atoms with Gasteiger partial charge in [-0.3, -0.25) is 9.78 Å². The Kier molecular flexibility index (Phi) is 4.83. The van der Waals surface area contributed by atoms with Gasteiger partial charge in [0.05, 0.1) is 12.1 Å². The predicted octanol–water partition coefficient (Wildman–Crippen LogP) is 3.46. The molecule has 0 radical (unpaired) electrons. The van der Waals surface area contributed by atoms with Crippen LogP contribution in [0.4, 0.5) is 0 Å². The van der Waals surface area contributed by atoms with Gasteiger partial charge >= 0.3 is 0 Å². The Balaban J connectivity index is 1.72. The van der Waals surface area contributed by atoms with Crippen LogP contribution in [0.5, 0.6) is 0 Å². The van der Waals surface area contributed by atoms with Crippen LogP contribution in [-0.2, 0) is 11.2 Å². The fourth-order valence-electron chi connectivity index (χ4n) is 2.77. The number of likely N-dealkylation sites (tertiary alicyclic amines) is 1. The molecule has 1 saturated heterocycles. The van der Waals surface area contributed by atoms with Crippen molar-refractivity contribution in [3.05, 3.63) is 35.1 Å². The molecule has 22 heavy (non-hydrogen) atoms. The average molecular weight is 315 g/mol. The fourth-order valence-corrected chi connectivity index (χ4v) is 3.82. The molecule has 0 N–H and O–H groups in total. The molecule has 0 bridgehead atoms. The molecule has 3 rings (SSSR count). The molecule has 0 unspecified atom stereocenters. The van der Waals surface area contributed by atoms with Crippen LogP contribution in [0.3, 0.4) is 0 Å². The minimum absolute atomic E-state index is 0.242. The summed E-state index contributed by atoms with van der Waals surface area (Å²) in [6, 6.07) is 3.92. The topological polar surface area (TPSA) is 46.1 Å². The molecular formula is C17H21N3OS. The Morgan fingerprint density at radius 2 is 2.05 bits per heavy atom. The van der Waals surface area contributed by atoms with Crippen molar-refractivity contribution in [1.82, 2.24) is 14.9 Å². The predicted molar refractivity (Wildman–Crippen MR) is 88.8 cm³/mol. The third kappa shape index (κ3) is 3.53. The summed E-state index contributed by atoms with van der Waals surface area (Å²) >= 11 is 1.61. The number of thiazole rings is 1. The number of hydrogen-bond donors (Lipinski definition) is 0. The first-order chi connectivity index (χ1) is 10.7. The van der Waals surface area contributed by atoms with Crippen LogP contribution >= 0.6 is 11.3 Å². The van der Waals surface area contributed by atoms with Crippen molar-refractivity contribution >= 4 is 17.2 Å². The van der Waals surface area contributed by atoms with E-state index in [9.17, 15) is 4.79 Å². The van der Waals surface area contributed by atoms with Crippen LogP contribution in [0.25, 0.3) is 10.6 Å². The molecule has 2 aromatic heterocycles. The van der Waals surface area contributed by atoms with Gasteiger partial charge in [-0.25, -0.2) is 4.98 Å². The monoisotopic (exact) mass is 315 g/mol. The minimum atomic E-state index is 0.242. The van der Waals surface area contributed by atoms with Gasteiger partial charge in [0, 0.05) is 35.9 Å². The van der Waals surface area contributed by atoms with Crippen LogP contribution in [0.2, 0.25) is 0 Å². The summed E-state index contributed by atoms with van der Waals surface area (Å²) in [7, 11) is 0. The summed E-state index contributed by atoms with van der Waals surface area (Å²) in [5, 5.41) is 0.948. The lowest BCUT2D eigenvalue weighted by atomic mass is 10.2. The number of aryl methyl sites for hydroxylation is 1. The maximum absolute atomic E-state index is 12.5. The van der Waals surface area contributed by atoms with Crippen molar-refractivity contribution in [2.75, 3.05) is 13.1 Å². The van der Waals surface area contributed by atoms with E-state index in [4.69, 9.17) is 0 Å². The second kappa shape index (κ2) is 7.01. The smallest absolute Gasteiger partial charge is 0.227 e. The molecule has 116 valence electrons. The Hall–Kier alpha value is -1.75. The molecule has 1 fully saturated rings. The lowest BCUT2D eigenvalue weighted by Crippen LogP contribution is -2.33. The lowest BCUT2D eigenvalue weighted by molar-refractivity contribution is -0.130. The highest BCUT2D eigenvalue weighted by molar-refractivity contribution is 7.15. The molecule has 1 amide bonds. The van der Waals surface area contributed by atoms with Gasteiger partial charge < -0.3 is 4.90 Å². The van der Waals surface area contributed by atoms with Gasteiger partial charge in [0.15, 0.2) is 0 Å². The molecule has 0 aromatic carbocycles. The average Bonchev–Trinajstić information content (AvgIpc) is 2.76. The third-order valence-electron chi connectivity index (χ3n) is 4.07. The zero-order chi connectivity index (χ0) is 15.4. The highest BCUT2D eigenvalue weighted by atomic mass is 32.1. The van der Waals surface area contributed by atoms with Crippen molar-refractivity contribution in [3.63, 3.8) is 0 Å². The number of carbonyl (C=O) groups is 1. The number of hydrogen-bond acceptors (Lipinski definition) is 4. The summed E-state index contributed by atoms with van der Waals surface area (Å²) in [5.74, 6) is 0.242. The van der Waals surface area contributed by atoms with Gasteiger partial charge in [-0.15, -0.1) is 11.3 Å². The van der Waals surface area contributed by atoms with E-state index in [1.807, 2.05) is 30.2 Å². The first-order valence-electron chi connectivity index (χ1n) is 7.88. The summed E-state index contributed by atoms with van der Waals surface area (Å²) in [5.41, 5.74) is 1.98. The number of rotatable bonds is 3. The molecule has 1 aliphatic heterocycles. The summed E-state index contributed by atoms with van der Waals surface area (Å²) in [6.07, 6.45) is 8.81. The molecule has 4 nitrogen and oxygen atoms in total. The van der Waals surface area contributed by atoms with Gasteiger partial charge in [-0.2, -0.15) is 0 Å². The van der Waals surface area contributed by atoms with Crippen molar-refractivity contribution in [2.24, 2.45) is 0 Å². The number of carbonyl (C=O) groups excluding carboxylic acids is 1. The molecule has 0 atom stereocenters. The van der Waals surface area contributed by atoms with E-state index in [1.54, 1.807) is 17.5 Å². The van der Waals surface area contributed by atoms with Crippen LogP contribution in [0, 0.1) is 6.92 Å². The Morgan fingerprint density at radius 1 is 1.27 bits per heavy atom. The largest absolute Gasteiger partial charge is 0.342 e. The Labute approximate surface area is 135 Å². The van der Waals surface area contributed by atoms with E-state index in [1.165, 1.54) is 12.8 Å². The molecule has 5 heteroatoms. The second-order valence-corrected chi connectivity index (χ2v) is 6.82. The summed E-state index contributed by atoms with van der Waals surface area (Å²) < 4.78 is 0. The maximum Gasteiger partial charge on any atom is 0.227 e. The standard InChI is InChI=1S/C17H21N3OS/c1-13-15(11-16(21)20-9-4-2-3-5-10-20)22-17(19-13)14-7-6-8-18-12-14/h6-8,12H,2-5,9-11H2,1H3. The molecule has 0 spiro atoms. The van der Waals surface area contributed by atoms with Crippen LogP contribution in [-0.4, -0.2) is 33.9 Å². The van der Waals surface area contributed by atoms with Crippen molar-refractivity contribution in [1.29, 1.82) is 0 Å². The van der Waals surface area contributed by atoms with E-state index in [2.05, 4.69) is 9.97 Å². The molecule has 3 heterocycles. The third-order valence-corrected chi connectivity index (χ3v) is 5.28. The number of nitrogens with zero attached hydrogens (tertiary/aromatic N) is 3. The number of pyridine rings is 1. The van der Waals surface area contributed by atoms with Crippen molar-refractivity contribution in [3.8, 4) is 10.6 Å². The first kappa shape index (κ1) is 15.2. The lowest BCUT2D eigenvalue weighted by Gasteiger charge is -2.19. The second-order valence-electron chi connectivity index (χ2n) is 5.74. The molecule has 1 aliphatic rings. The fraction of sp³-hybridized carbons (Fsp3) is 0.471. The first-order valence-corrected chi connectivity index (χ1v) is 8.70. The van der Waals surface area contributed by atoms with Crippen LogP contribution in [0.15, 0.2) is 24.5 Å². The van der Waals surface area contributed by atoms with Gasteiger partial charge in [0.2, 0.25) is 5.91 Å². The van der Waals surface area contributed by atoms with E-state index >= 15 is 0 Å². The summed E-state index contributed by atoms with van der Waals surface area (Å²) in [4.78, 5) is 24.4. The molecule has 0 saturated carbocycles. The zero-order valence-corrected chi connectivity index (χ0v) is 13.7. The van der Waals surface area contributed by atoms with Gasteiger partial charge in [0.25, 0.3) is 0 Å². The van der Waals surface area contributed by atoms with E-state index in [0.29, 0.717) is 6.42 Å². The van der Waals surface area contributed by atoms with Gasteiger partial charge in [0.1, 0.15) is 5.01 Å². The van der Waals surface area contributed by atoms with Gasteiger partial charge in [-0.1, -0.05) is 12.8 Å². The normalized spacial score (nSPS) is 15.6.